The smallest absolute Gasteiger partial charge is 0.355 e. The van der Waals surface area contributed by atoms with Gasteiger partial charge in [0.2, 0.25) is 5.88 Å². The van der Waals surface area contributed by atoms with Crippen molar-refractivity contribution in [1.29, 1.82) is 0 Å². The molecule has 1 aromatic carbocycles. The predicted octanol–water partition coefficient (Wildman–Crippen LogP) is 2.87. The lowest BCUT2D eigenvalue weighted by atomic mass is 10.0. The summed E-state index contributed by atoms with van der Waals surface area (Å²) < 4.78 is 63.5. The van der Waals surface area contributed by atoms with Gasteiger partial charge in [-0.15, -0.1) is 0 Å². The number of hydrogen-bond donors (Lipinski definition) is 0. The Balaban J connectivity index is 1.75. The van der Waals surface area contributed by atoms with Gasteiger partial charge in [0.25, 0.3) is 0 Å². The first-order valence-electron chi connectivity index (χ1n) is 7.50. The van der Waals surface area contributed by atoms with Gasteiger partial charge in [0.1, 0.15) is 0 Å². The first-order valence-corrected chi connectivity index (χ1v) is 8.91. The number of hydrogen-bond acceptors (Lipinski definition) is 5. The van der Waals surface area contributed by atoms with Crippen LogP contribution in [0.3, 0.4) is 0 Å². The second-order valence-corrected chi connectivity index (χ2v) is 7.22. The molecule has 0 unspecified atom stereocenters. The molecule has 3 rings (SSSR count). The van der Waals surface area contributed by atoms with Crippen LogP contribution in [0.1, 0.15) is 16.8 Å². The fourth-order valence-corrected chi connectivity index (χ4v) is 3.04. The highest BCUT2D eigenvalue weighted by Gasteiger charge is 2.48. The standard InChI is InChI=1S/C16H15F3N2O3S/c17-16(18,19)25(22,23)24-15-7-6-13-8-9-21(11-14(13)20-15)10-12-4-2-1-3-5-12/h1-7H,8-11H2. The van der Waals surface area contributed by atoms with Crippen LogP contribution in [0.4, 0.5) is 13.2 Å². The zero-order chi connectivity index (χ0) is 18.1. The molecule has 2 heterocycles. The molecule has 134 valence electrons. The van der Waals surface area contributed by atoms with Crippen molar-refractivity contribution in [2.45, 2.75) is 25.0 Å². The highest BCUT2D eigenvalue weighted by molar-refractivity contribution is 7.87. The third-order valence-corrected chi connectivity index (χ3v) is 4.80. The fourth-order valence-electron chi connectivity index (χ4n) is 2.63. The molecular weight excluding hydrogens is 357 g/mol. The Bertz CT molecular complexity index is 855. The van der Waals surface area contributed by atoms with Crippen molar-refractivity contribution in [3.63, 3.8) is 0 Å². The van der Waals surface area contributed by atoms with Crippen LogP contribution < -0.4 is 4.18 Å². The van der Waals surface area contributed by atoms with Crippen molar-refractivity contribution < 1.29 is 25.8 Å². The topological polar surface area (TPSA) is 59.5 Å². The van der Waals surface area contributed by atoms with E-state index in [0.717, 1.165) is 23.7 Å². The van der Waals surface area contributed by atoms with Gasteiger partial charge in [-0.2, -0.15) is 21.6 Å². The summed E-state index contributed by atoms with van der Waals surface area (Å²) in [4.78, 5) is 6.05. The Morgan fingerprint density at radius 2 is 1.84 bits per heavy atom. The van der Waals surface area contributed by atoms with Gasteiger partial charge >= 0.3 is 15.6 Å². The number of rotatable bonds is 4. The van der Waals surface area contributed by atoms with E-state index in [1.54, 1.807) is 6.07 Å². The van der Waals surface area contributed by atoms with Crippen molar-refractivity contribution in [2.24, 2.45) is 0 Å². The van der Waals surface area contributed by atoms with Crippen LogP contribution in [0.25, 0.3) is 0 Å². The number of halogens is 3. The van der Waals surface area contributed by atoms with Crippen LogP contribution in [0.5, 0.6) is 5.88 Å². The number of aromatic nitrogens is 1. The number of pyridine rings is 1. The number of nitrogens with zero attached hydrogens (tertiary/aromatic N) is 2. The number of alkyl halides is 3. The van der Waals surface area contributed by atoms with Gasteiger partial charge < -0.3 is 4.18 Å². The molecule has 0 radical (unpaired) electrons. The minimum absolute atomic E-state index is 0.410. The molecule has 25 heavy (non-hydrogen) atoms. The molecule has 5 nitrogen and oxygen atoms in total. The van der Waals surface area contributed by atoms with Gasteiger partial charge in [0, 0.05) is 25.7 Å². The molecule has 0 atom stereocenters. The SMILES string of the molecule is O=S(=O)(Oc1ccc2c(n1)CN(Cc1ccccc1)CC2)C(F)(F)F. The molecule has 0 aliphatic carbocycles. The Kier molecular flexibility index (Phi) is 4.70. The Hall–Kier alpha value is -2.13. The highest BCUT2D eigenvalue weighted by Crippen LogP contribution is 2.28. The van der Waals surface area contributed by atoms with E-state index in [2.05, 4.69) is 14.1 Å². The van der Waals surface area contributed by atoms with Crippen LogP contribution in [0.2, 0.25) is 0 Å². The molecule has 0 saturated carbocycles. The van der Waals surface area contributed by atoms with E-state index < -0.39 is 21.5 Å². The summed E-state index contributed by atoms with van der Waals surface area (Å²) in [5.41, 5.74) is -2.97. The number of fused-ring (bicyclic) bond motifs is 1. The lowest BCUT2D eigenvalue weighted by Gasteiger charge is -2.28. The lowest BCUT2D eigenvalue weighted by molar-refractivity contribution is -0.0501. The molecule has 1 aromatic heterocycles. The third-order valence-electron chi connectivity index (χ3n) is 3.84. The lowest BCUT2D eigenvalue weighted by Crippen LogP contribution is -2.31. The summed E-state index contributed by atoms with van der Waals surface area (Å²) in [5, 5.41) is 0. The van der Waals surface area contributed by atoms with Gasteiger partial charge in [0.05, 0.1) is 5.69 Å². The minimum atomic E-state index is -5.72. The van der Waals surface area contributed by atoms with E-state index in [0.29, 0.717) is 25.2 Å². The molecule has 0 bridgehead atoms. The summed E-state index contributed by atoms with van der Waals surface area (Å²) in [6.45, 7) is 1.87. The Morgan fingerprint density at radius 3 is 2.52 bits per heavy atom. The molecule has 2 aromatic rings. The van der Waals surface area contributed by atoms with Crippen molar-refractivity contribution >= 4 is 10.1 Å². The maximum absolute atomic E-state index is 12.4. The average molecular weight is 372 g/mol. The van der Waals surface area contributed by atoms with E-state index in [-0.39, 0.29) is 0 Å². The van der Waals surface area contributed by atoms with Crippen molar-refractivity contribution in [3.05, 3.63) is 59.3 Å². The van der Waals surface area contributed by atoms with Gasteiger partial charge in [-0.25, -0.2) is 4.98 Å². The average Bonchev–Trinajstić information content (AvgIpc) is 2.54. The third kappa shape index (κ3) is 4.10. The van der Waals surface area contributed by atoms with Gasteiger partial charge in [-0.3, -0.25) is 4.90 Å². The van der Waals surface area contributed by atoms with Crippen LogP contribution in [0, 0.1) is 0 Å². The molecule has 0 saturated heterocycles. The van der Waals surface area contributed by atoms with Gasteiger partial charge in [-0.1, -0.05) is 36.4 Å². The molecule has 0 spiro atoms. The molecule has 1 aliphatic heterocycles. The Morgan fingerprint density at radius 1 is 1.12 bits per heavy atom. The van der Waals surface area contributed by atoms with Crippen LogP contribution in [-0.2, 0) is 29.6 Å². The summed E-state index contributed by atoms with van der Waals surface area (Å²) in [7, 11) is -5.72. The molecule has 9 heteroatoms. The first kappa shape index (κ1) is 17.7. The highest BCUT2D eigenvalue weighted by atomic mass is 32.2. The van der Waals surface area contributed by atoms with E-state index in [4.69, 9.17) is 0 Å². The minimum Gasteiger partial charge on any atom is -0.355 e. The van der Waals surface area contributed by atoms with Gasteiger partial charge in [0.15, 0.2) is 0 Å². The zero-order valence-electron chi connectivity index (χ0n) is 13.0. The van der Waals surface area contributed by atoms with E-state index in [1.807, 2.05) is 30.3 Å². The second-order valence-electron chi connectivity index (χ2n) is 5.68. The normalized spacial score (nSPS) is 15.6. The summed E-state index contributed by atoms with van der Waals surface area (Å²) in [5.74, 6) is -0.572. The molecule has 0 N–H and O–H groups in total. The maximum Gasteiger partial charge on any atom is 0.534 e. The van der Waals surface area contributed by atoms with E-state index in [9.17, 15) is 21.6 Å². The number of benzene rings is 1. The summed E-state index contributed by atoms with van der Waals surface area (Å²) in [6.07, 6.45) is 0.682. The zero-order valence-corrected chi connectivity index (χ0v) is 13.8. The van der Waals surface area contributed by atoms with Crippen molar-refractivity contribution in [3.8, 4) is 5.88 Å². The van der Waals surface area contributed by atoms with E-state index in [1.165, 1.54) is 0 Å². The van der Waals surface area contributed by atoms with Crippen LogP contribution in [0.15, 0.2) is 42.5 Å². The van der Waals surface area contributed by atoms with Crippen LogP contribution in [-0.4, -0.2) is 30.4 Å². The summed E-state index contributed by atoms with van der Waals surface area (Å²) >= 11 is 0. The Labute approximate surface area is 143 Å². The quantitative estimate of drug-likeness (QED) is 0.610. The van der Waals surface area contributed by atoms with Crippen molar-refractivity contribution in [1.82, 2.24) is 9.88 Å². The van der Waals surface area contributed by atoms with Gasteiger partial charge in [-0.05, 0) is 17.5 Å². The molecule has 1 aliphatic rings. The van der Waals surface area contributed by atoms with Crippen LogP contribution >= 0.6 is 0 Å². The molecular formula is C16H15F3N2O3S. The molecule has 0 fully saturated rings. The first-order chi connectivity index (χ1) is 11.7. The van der Waals surface area contributed by atoms with E-state index >= 15 is 0 Å². The van der Waals surface area contributed by atoms with Crippen molar-refractivity contribution in [2.75, 3.05) is 6.54 Å². The maximum atomic E-state index is 12.4. The molecule has 0 amide bonds. The predicted molar refractivity (Wildman–Crippen MR) is 84.1 cm³/mol. The largest absolute Gasteiger partial charge is 0.534 e. The fraction of sp³-hybridized carbons (Fsp3) is 0.312. The monoisotopic (exact) mass is 372 g/mol. The summed E-state index contributed by atoms with van der Waals surface area (Å²) in [6, 6.07) is 12.5. The second kappa shape index (κ2) is 6.64.